The average molecular weight is 570 g/mol. The first-order chi connectivity index (χ1) is 20.5. The molecule has 0 aliphatic carbocycles. The molecule has 1 aliphatic heterocycles. The summed E-state index contributed by atoms with van der Waals surface area (Å²) in [7, 11) is 0. The summed E-state index contributed by atoms with van der Waals surface area (Å²) >= 11 is 0. The summed E-state index contributed by atoms with van der Waals surface area (Å²) in [5.74, 6) is 4.11. The summed E-state index contributed by atoms with van der Waals surface area (Å²) in [5, 5.41) is 12.3. The Bertz CT molecular complexity index is 1580. The smallest absolute Gasteiger partial charge is 0.364 e. The van der Waals surface area contributed by atoms with Gasteiger partial charge in [-0.1, -0.05) is 36.4 Å². The van der Waals surface area contributed by atoms with Crippen molar-refractivity contribution < 1.29 is 29.0 Å². The normalized spacial score (nSPS) is 14.5. The molecule has 1 amide bonds. The SMILES string of the molecule is NNC(=O)c1cc(-c2ccc(-c3ccc(OCCCCO)cc3)cc2)nc2cc(C(=O)OC(=O)[C@H]3CCCN3)ncc12. The fraction of sp³-hybridized carbons (Fsp3) is 0.258. The molecule has 42 heavy (non-hydrogen) atoms. The Kier molecular flexibility index (Phi) is 9.12. The van der Waals surface area contributed by atoms with Crippen LogP contribution in [-0.2, 0) is 9.53 Å². The molecule has 11 nitrogen and oxygen atoms in total. The van der Waals surface area contributed by atoms with Crippen LogP contribution in [0.25, 0.3) is 33.3 Å². The topological polar surface area (TPSA) is 166 Å². The zero-order valence-electron chi connectivity index (χ0n) is 22.8. The van der Waals surface area contributed by atoms with E-state index in [1.807, 2.05) is 48.5 Å². The van der Waals surface area contributed by atoms with E-state index >= 15 is 0 Å². The monoisotopic (exact) mass is 569 g/mol. The zero-order valence-corrected chi connectivity index (χ0v) is 22.8. The molecular weight excluding hydrogens is 538 g/mol. The van der Waals surface area contributed by atoms with Gasteiger partial charge in [0.05, 0.1) is 23.4 Å². The standard InChI is InChI=1S/C31H31N5O6/c32-36-29(38)23-16-26(21-7-5-19(6-8-21)20-9-11-22(12-10-20)41-15-2-1-14-37)35-27-17-28(34-18-24(23)27)31(40)42-30(39)25-4-3-13-33-25/h5-12,16-18,25,33,37H,1-4,13-15,32H2,(H,36,38)/t25-/m1/s1. The maximum Gasteiger partial charge on any atom is 0.364 e. The Hall–Kier alpha value is -4.71. The van der Waals surface area contributed by atoms with Gasteiger partial charge < -0.3 is 19.9 Å². The van der Waals surface area contributed by atoms with Crippen LogP contribution in [0.4, 0.5) is 0 Å². The number of hydrazine groups is 1. The number of ether oxygens (including phenoxy) is 2. The molecule has 1 atom stereocenters. The number of carbonyl (C=O) groups is 3. The molecule has 2 aromatic carbocycles. The van der Waals surface area contributed by atoms with Crippen LogP contribution in [0.3, 0.4) is 0 Å². The van der Waals surface area contributed by atoms with Gasteiger partial charge in [0, 0.05) is 23.8 Å². The molecule has 0 radical (unpaired) electrons. The number of aliphatic hydroxyl groups is 1. The lowest BCUT2D eigenvalue weighted by atomic mass is 10.0. The van der Waals surface area contributed by atoms with Crippen LogP contribution < -0.4 is 21.3 Å². The van der Waals surface area contributed by atoms with Crippen LogP contribution in [0, 0.1) is 0 Å². The summed E-state index contributed by atoms with van der Waals surface area (Å²) in [6.45, 7) is 1.39. The molecule has 3 heterocycles. The Morgan fingerprint density at radius 3 is 2.38 bits per heavy atom. The van der Waals surface area contributed by atoms with Crippen molar-refractivity contribution in [3.05, 3.63) is 78.1 Å². The highest BCUT2D eigenvalue weighted by Crippen LogP contribution is 2.29. The van der Waals surface area contributed by atoms with Crippen molar-refractivity contribution >= 4 is 28.7 Å². The lowest BCUT2D eigenvalue weighted by Gasteiger charge is -2.11. The molecule has 5 N–H and O–H groups in total. The minimum atomic E-state index is -0.890. The number of nitrogens with zero attached hydrogens (tertiary/aromatic N) is 2. The van der Waals surface area contributed by atoms with Crippen molar-refractivity contribution in [2.75, 3.05) is 19.8 Å². The number of nitrogens with one attached hydrogen (secondary N) is 2. The molecule has 1 fully saturated rings. The molecular formula is C31H31N5O6. The second kappa shape index (κ2) is 13.3. The quantitative estimate of drug-likeness (QED) is 0.0556. The Morgan fingerprint density at radius 1 is 1.00 bits per heavy atom. The molecule has 0 unspecified atom stereocenters. The second-order valence-corrected chi connectivity index (χ2v) is 9.85. The van der Waals surface area contributed by atoms with Crippen LogP contribution in [0.5, 0.6) is 5.75 Å². The lowest BCUT2D eigenvalue weighted by Crippen LogP contribution is -2.34. The number of rotatable bonds is 10. The number of carbonyl (C=O) groups excluding carboxylic acids is 3. The van der Waals surface area contributed by atoms with Gasteiger partial charge in [-0.25, -0.2) is 25.4 Å². The highest BCUT2D eigenvalue weighted by atomic mass is 16.6. The number of benzene rings is 2. The van der Waals surface area contributed by atoms with Gasteiger partial charge >= 0.3 is 11.9 Å². The van der Waals surface area contributed by atoms with Crippen molar-refractivity contribution in [3.8, 4) is 28.1 Å². The molecule has 0 bridgehead atoms. The van der Waals surface area contributed by atoms with Crippen molar-refractivity contribution in [2.24, 2.45) is 5.84 Å². The largest absolute Gasteiger partial charge is 0.494 e. The van der Waals surface area contributed by atoms with Crippen LogP contribution >= 0.6 is 0 Å². The fourth-order valence-corrected chi connectivity index (χ4v) is 4.73. The van der Waals surface area contributed by atoms with Crippen LogP contribution in [0.2, 0.25) is 0 Å². The maximum absolute atomic E-state index is 12.7. The average Bonchev–Trinajstić information content (AvgIpc) is 3.58. The third-order valence-electron chi connectivity index (χ3n) is 7.01. The molecule has 216 valence electrons. The molecule has 1 aliphatic rings. The second-order valence-electron chi connectivity index (χ2n) is 9.85. The van der Waals surface area contributed by atoms with E-state index in [9.17, 15) is 14.4 Å². The van der Waals surface area contributed by atoms with E-state index in [0.717, 1.165) is 35.3 Å². The molecule has 0 spiro atoms. The molecule has 0 saturated carbocycles. The van der Waals surface area contributed by atoms with Gasteiger partial charge in [-0.3, -0.25) is 10.2 Å². The number of unbranched alkanes of at least 4 members (excludes halogenated alkanes) is 1. The van der Waals surface area contributed by atoms with Gasteiger partial charge in [0.2, 0.25) is 0 Å². The molecule has 1 saturated heterocycles. The number of amides is 1. The number of aromatic nitrogens is 2. The Labute approximate surface area is 242 Å². The van der Waals surface area contributed by atoms with E-state index in [4.69, 9.17) is 20.4 Å². The van der Waals surface area contributed by atoms with Crippen molar-refractivity contribution in [2.45, 2.75) is 31.7 Å². The summed E-state index contributed by atoms with van der Waals surface area (Å²) in [5.41, 5.74) is 5.78. The van der Waals surface area contributed by atoms with E-state index in [1.165, 1.54) is 12.3 Å². The fourth-order valence-electron chi connectivity index (χ4n) is 4.73. The van der Waals surface area contributed by atoms with Gasteiger partial charge in [0.15, 0.2) is 5.69 Å². The summed E-state index contributed by atoms with van der Waals surface area (Å²) in [4.78, 5) is 46.4. The molecule has 11 heteroatoms. The van der Waals surface area contributed by atoms with Crippen LogP contribution in [0.1, 0.15) is 46.5 Å². The summed E-state index contributed by atoms with van der Waals surface area (Å²) in [6, 6.07) is 17.9. The van der Waals surface area contributed by atoms with E-state index < -0.39 is 23.9 Å². The third-order valence-corrected chi connectivity index (χ3v) is 7.01. The van der Waals surface area contributed by atoms with Gasteiger partial charge in [-0.05, 0) is 67.6 Å². The van der Waals surface area contributed by atoms with Gasteiger partial charge in [0.25, 0.3) is 5.91 Å². The van der Waals surface area contributed by atoms with E-state index in [1.54, 1.807) is 6.07 Å². The number of fused-ring (bicyclic) bond motifs is 1. The predicted octanol–water partition coefficient (Wildman–Crippen LogP) is 3.15. The van der Waals surface area contributed by atoms with E-state index in [2.05, 4.69) is 20.7 Å². The zero-order chi connectivity index (χ0) is 29.5. The molecule has 4 aromatic rings. The lowest BCUT2D eigenvalue weighted by molar-refractivity contribution is -0.140. The van der Waals surface area contributed by atoms with E-state index in [-0.39, 0.29) is 17.9 Å². The number of nitrogen functional groups attached to an aromatic ring is 1. The number of pyridine rings is 2. The van der Waals surface area contributed by atoms with Gasteiger partial charge in [-0.15, -0.1) is 0 Å². The molecule has 2 aromatic heterocycles. The first-order valence-corrected chi connectivity index (χ1v) is 13.7. The van der Waals surface area contributed by atoms with Crippen molar-refractivity contribution in [1.82, 2.24) is 20.7 Å². The predicted molar refractivity (Wildman–Crippen MR) is 155 cm³/mol. The first kappa shape index (κ1) is 28.8. The maximum atomic E-state index is 12.7. The number of hydrogen-bond acceptors (Lipinski definition) is 10. The Morgan fingerprint density at radius 2 is 1.71 bits per heavy atom. The summed E-state index contributed by atoms with van der Waals surface area (Å²) < 4.78 is 10.7. The van der Waals surface area contributed by atoms with E-state index in [0.29, 0.717) is 42.6 Å². The summed E-state index contributed by atoms with van der Waals surface area (Å²) in [6.07, 6.45) is 4.27. The first-order valence-electron chi connectivity index (χ1n) is 13.7. The van der Waals surface area contributed by atoms with Gasteiger partial charge in [0.1, 0.15) is 11.8 Å². The highest BCUT2D eigenvalue weighted by molar-refractivity contribution is 6.08. The number of nitrogens with two attached hydrogens (primary N) is 1. The van der Waals surface area contributed by atoms with Gasteiger partial charge in [-0.2, -0.15) is 0 Å². The number of aliphatic hydroxyl groups excluding tert-OH is 1. The number of hydrogen-bond donors (Lipinski definition) is 4. The van der Waals surface area contributed by atoms with Crippen LogP contribution in [-0.4, -0.2) is 58.7 Å². The third kappa shape index (κ3) is 6.60. The molecule has 5 rings (SSSR count). The van der Waals surface area contributed by atoms with Crippen LogP contribution in [0.15, 0.2) is 66.9 Å². The Balaban J connectivity index is 1.39. The number of esters is 2. The minimum Gasteiger partial charge on any atom is -0.494 e. The highest BCUT2D eigenvalue weighted by Gasteiger charge is 2.27. The minimum absolute atomic E-state index is 0.103. The van der Waals surface area contributed by atoms with Crippen molar-refractivity contribution in [1.29, 1.82) is 0 Å². The van der Waals surface area contributed by atoms with Crippen molar-refractivity contribution in [3.63, 3.8) is 0 Å².